The Morgan fingerprint density at radius 1 is 1.50 bits per heavy atom. The van der Waals surface area contributed by atoms with Crippen LogP contribution in [0, 0.1) is 5.82 Å². The number of likely N-dealkylation sites (tertiary alicyclic amines) is 1. The molecule has 1 aliphatic rings. The standard InChI is InChI=1S/C15H20FN3O/c1-2-20-11-5-4-8-19(9-11)10-14-17-13-7-3-6-12(16)15(13)18-14/h3,6-7,11H,2,4-5,8-10H2,1H3,(H,17,18). The molecule has 1 unspecified atom stereocenters. The van der Waals surface area contributed by atoms with E-state index in [2.05, 4.69) is 14.9 Å². The quantitative estimate of drug-likeness (QED) is 0.934. The lowest BCUT2D eigenvalue weighted by Crippen LogP contribution is -2.39. The third-order valence-electron chi connectivity index (χ3n) is 3.75. The van der Waals surface area contributed by atoms with E-state index in [4.69, 9.17) is 4.74 Å². The number of nitrogens with one attached hydrogen (secondary N) is 1. The molecule has 1 aromatic heterocycles. The van der Waals surface area contributed by atoms with Gasteiger partial charge in [0, 0.05) is 13.2 Å². The minimum Gasteiger partial charge on any atom is -0.377 e. The fraction of sp³-hybridized carbons (Fsp3) is 0.533. The lowest BCUT2D eigenvalue weighted by atomic mass is 10.1. The zero-order valence-electron chi connectivity index (χ0n) is 11.7. The van der Waals surface area contributed by atoms with Crippen molar-refractivity contribution in [2.75, 3.05) is 19.7 Å². The van der Waals surface area contributed by atoms with Crippen molar-refractivity contribution in [3.8, 4) is 0 Å². The van der Waals surface area contributed by atoms with Gasteiger partial charge in [0.25, 0.3) is 0 Å². The van der Waals surface area contributed by atoms with Crippen molar-refractivity contribution in [3.05, 3.63) is 29.8 Å². The van der Waals surface area contributed by atoms with Gasteiger partial charge in [0.05, 0.1) is 18.2 Å². The summed E-state index contributed by atoms with van der Waals surface area (Å²) in [6, 6.07) is 5.00. The molecule has 0 bridgehead atoms. The molecule has 0 spiro atoms. The largest absolute Gasteiger partial charge is 0.377 e. The first-order valence-electron chi connectivity index (χ1n) is 7.23. The lowest BCUT2D eigenvalue weighted by Gasteiger charge is -2.31. The van der Waals surface area contributed by atoms with E-state index in [-0.39, 0.29) is 5.82 Å². The van der Waals surface area contributed by atoms with E-state index >= 15 is 0 Å². The van der Waals surface area contributed by atoms with E-state index in [1.54, 1.807) is 6.07 Å². The predicted octanol–water partition coefficient (Wildman–Crippen LogP) is 2.70. The molecule has 3 rings (SSSR count). The van der Waals surface area contributed by atoms with Crippen molar-refractivity contribution in [2.24, 2.45) is 0 Å². The van der Waals surface area contributed by atoms with Crippen LogP contribution >= 0.6 is 0 Å². The number of ether oxygens (including phenoxy) is 1. The minimum absolute atomic E-state index is 0.268. The van der Waals surface area contributed by atoms with Gasteiger partial charge in [0.2, 0.25) is 0 Å². The fourth-order valence-corrected chi connectivity index (χ4v) is 2.86. The molecule has 0 radical (unpaired) electrons. The molecule has 4 nitrogen and oxygen atoms in total. The number of imidazole rings is 1. The Morgan fingerprint density at radius 2 is 2.40 bits per heavy atom. The predicted molar refractivity (Wildman–Crippen MR) is 76.0 cm³/mol. The zero-order valence-corrected chi connectivity index (χ0v) is 11.7. The van der Waals surface area contributed by atoms with Crippen LogP contribution in [0.4, 0.5) is 4.39 Å². The molecule has 0 amide bonds. The van der Waals surface area contributed by atoms with Crippen molar-refractivity contribution in [2.45, 2.75) is 32.4 Å². The Morgan fingerprint density at radius 3 is 3.20 bits per heavy atom. The third-order valence-corrected chi connectivity index (χ3v) is 3.75. The zero-order chi connectivity index (χ0) is 13.9. The fourth-order valence-electron chi connectivity index (χ4n) is 2.86. The van der Waals surface area contributed by atoms with Crippen LogP contribution in [0.15, 0.2) is 18.2 Å². The summed E-state index contributed by atoms with van der Waals surface area (Å²) in [4.78, 5) is 9.88. The average molecular weight is 277 g/mol. The van der Waals surface area contributed by atoms with Gasteiger partial charge >= 0.3 is 0 Å². The molecule has 1 aromatic carbocycles. The number of para-hydroxylation sites is 1. The van der Waals surface area contributed by atoms with Gasteiger partial charge in [-0.15, -0.1) is 0 Å². The SMILES string of the molecule is CCOC1CCCN(Cc2nc3c(F)cccc3[nH]2)C1. The number of aromatic nitrogens is 2. The highest BCUT2D eigenvalue weighted by molar-refractivity contribution is 5.75. The molecule has 1 atom stereocenters. The molecule has 108 valence electrons. The van der Waals surface area contributed by atoms with Crippen molar-refractivity contribution in [3.63, 3.8) is 0 Å². The van der Waals surface area contributed by atoms with Gasteiger partial charge in [0.1, 0.15) is 11.3 Å². The van der Waals surface area contributed by atoms with Crippen LogP contribution in [-0.2, 0) is 11.3 Å². The van der Waals surface area contributed by atoms with E-state index in [9.17, 15) is 4.39 Å². The maximum absolute atomic E-state index is 13.6. The molecule has 2 heterocycles. The van der Waals surface area contributed by atoms with Crippen molar-refractivity contribution in [1.29, 1.82) is 0 Å². The highest BCUT2D eigenvalue weighted by Gasteiger charge is 2.21. The number of hydrogen-bond donors (Lipinski definition) is 1. The molecule has 1 fully saturated rings. The number of hydrogen-bond acceptors (Lipinski definition) is 3. The first kappa shape index (κ1) is 13.5. The number of aromatic amines is 1. The van der Waals surface area contributed by atoms with Crippen LogP contribution < -0.4 is 0 Å². The van der Waals surface area contributed by atoms with E-state index < -0.39 is 0 Å². The van der Waals surface area contributed by atoms with Crippen LogP contribution in [0.3, 0.4) is 0 Å². The van der Waals surface area contributed by atoms with Gasteiger partial charge in [-0.2, -0.15) is 0 Å². The van der Waals surface area contributed by atoms with Crippen LogP contribution in [0.1, 0.15) is 25.6 Å². The summed E-state index contributed by atoms with van der Waals surface area (Å²) in [5.74, 6) is 0.554. The van der Waals surface area contributed by atoms with Gasteiger partial charge in [-0.25, -0.2) is 9.37 Å². The summed E-state index contributed by atoms with van der Waals surface area (Å²) in [5.41, 5.74) is 1.19. The smallest absolute Gasteiger partial charge is 0.151 e. The molecule has 2 aromatic rings. The number of fused-ring (bicyclic) bond motifs is 1. The highest BCUT2D eigenvalue weighted by atomic mass is 19.1. The van der Waals surface area contributed by atoms with E-state index in [1.165, 1.54) is 6.07 Å². The summed E-state index contributed by atoms with van der Waals surface area (Å²) >= 11 is 0. The molecule has 0 saturated carbocycles. The van der Waals surface area contributed by atoms with Gasteiger partial charge in [0.15, 0.2) is 5.82 Å². The Balaban J connectivity index is 1.71. The Kier molecular flexibility index (Phi) is 3.98. The third kappa shape index (κ3) is 2.83. The summed E-state index contributed by atoms with van der Waals surface area (Å²) < 4.78 is 19.3. The molecule has 0 aliphatic carbocycles. The molecular formula is C15H20FN3O. The molecule has 20 heavy (non-hydrogen) atoms. The molecule has 1 saturated heterocycles. The topological polar surface area (TPSA) is 41.1 Å². The monoisotopic (exact) mass is 277 g/mol. The Bertz CT molecular complexity index is 582. The summed E-state index contributed by atoms with van der Waals surface area (Å²) in [7, 11) is 0. The lowest BCUT2D eigenvalue weighted by molar-refractivity contribution is 0.00305. The number of nitrogens with zero attached hydrogens (tertiary/aromatic N) is 2. The van der Waals surface area contributed by atoms with Crippen molar-refractivity contribution in [1.82, 2.24) is 14.9 Å². The normalized spacial score (nSPS) is 20.6. The second-order valence-electron chi connectivity index (χ2n) is 5.27. The second kappa shape index (κ2) is 5.89. The van der Waals surface area contributed by atoms with Gasteiger partial charge < -0.3 is 9.72 Å². The maximum Gasteiger partial charge on any atom is 0.151 e. The second-order valence-corrected chi connectivity index (χ2v) is 5.27. The number of H-pyrrole nitrogens is 1. The van der Waals surface area contributed by atoms with Gasteiger partial charge in [-0.05, 0) is 38.4 Å². The Labute approximate surface area is 117 Å². The number of piperidine rings is 1. The molecule has 1 N–H and O–H groups in total. The van der Waals surface area contributed by atoms with Crippen molar-refractivity contribution < 1.29 is 9.13 Å². The van der Waals surface area contributed by atoms with Crippen molar-refractivity contribution >= 4 is 11.0 Å². The molecular weight excluding hydrogens is 257 g/mol. The van der Waals surface area contributed by atoms with E-state index in [1.807, 2.05) is 13.0 Å². The van der Waals surface area contributed by atoms with E-state index in [0.717, 1.165) is 50.4 Å². The van der Waals surface area contributed by atoms with Gasteiger partial charge in [-0.1, -0.05) is 6.07 Å². The highest BCUT2D eigenvalue weighted by Crippen LogP contribution is 2.18. The first-order chi connectivity index (χ1) is 9.76. The van der Waals surface area contributed by atoms with E-state index in [0.29, 0.717) is 11.6 Å². The van der Waals surface area contributed by atoms with Crippen LogP contribution in [0.5, 0.6) is 0 Å². The van der Waals surface area contributed by atoms with Gasteiger partial charge in [-0.3, -0.25) is 4.90 Å². The minimum atomic E-state index is -0.268. The molecule has 5 heteroatoms. The van der Waals surface area contributed by atoms with Crippen LogP contribution in [0.25, 0.3) is 11.0 Å². The molecule has 1 aliphatic heterocycles. The summed E-state index contributed by atoms with van der Waals surface area (Å²) in [6.07, 6.45) is 2.58. The summed E-state index contributed by atoms with van der Waals surface area (Å²) in [6.45, 7) is 5.48. The first-order valence-corrected chi connectivity index (χ1v) is 7.23. The average Bonchev–Trinajstić information content (AvgIpc) is 2.83. The number of benzene rings is 1. The summed E-state index contributed by atoms with van der Waals surface area (Å²) in [5, 5.41) is 0. The number of rotatable bonds is 4. The maximum atomic E-state index is 13.6. The van der Waals surface area contributed by atoms with Crippen LogP contribution in [-0.4, -0.2) is 40.7 Å². The number of halogens is 1. The van der Waals surface area contributed by atoms with Crippen LogP contribution in [0.2, 0.25) is 0 Å². The Hall–Kier alpha value is -1.46.